The van der Waals surface area contributed by atoms with E-state index in [0.29, 0.717) is 0 Å². The van der Waals surface area contributed by atoms with Crippen LogP contribution in [0.15, 0.2) is 66.7 Å². The Labute approximate surface area is 139 Å². The Hall–Kier alpha value is -2.00. The van der Waals surface area contributed by atoms with E-state index in [9.17, 15) is 0 Å². The van der Waals surface area contributed by atoms with E-state index in [1.54, 1.807) is 14.2 Å². The maximum absolute atomic E-state index is 4.96. The van der Waals surface area contributed by atoms with Gasteiger partial charge in [0.15, 0.2) is 0 Å². The van der Waals surface area contributed by atoms with Crippen molar-refractivity contribution in [1.29, 1.82) is 0 Å². The van der Waals surface area contributed by atoms with E-state index in [1.165, 1.54) is 16.3 Å². The molecule has 3 aromatic carbocycles. The second kappa shape index (κ2) is 8.44. The molecule has 0 aromatic heterocycles. The molecule has 0 aliphatic heterocycles. The lowest BCUT2D eigenvalue weighted by atomic mass is 10.1. The number of methoxy groups -OCH3 is 2. The molecule has 2 nitrogen and oxygen atoms in total. The van der Waals surface area contributed by atoms with Gasteiger partial charge in [-0.1, -0.05) is 58.4 Å². The van der Waals surface area contributed by atoms with E-state index in [1.807, 2.05) is 24.3 Å². The zero-order valence-electron chi connectivity index (χ0n) is 12.8. The molecule has 0 unspecified atom stereocenters. The van der Waals surface area contributed by atoms with Crippen LogP contribution in [0.5, 0.6) is 11.5 Å². The van der Waals surface area contributed by atoms with Gasteiger partial charge in [0.2, 0.25) is 0 Å². The lowest BCUT2D eigenvalue weighted by molar-refractivity contribution is 0.403. The molecule has 0 amide bonds. The van der Waals surface area contributed by atoms with E-state index >= 15 is 0 Å². The number of alkyl halides is 1. The van der Waals surface area contributed by atoms with Crippen LogP contribution in [0.4, 0.5) is 0 Å². The summed E-state index contributed by atoms with van der Waals surface area (Å²) in [5, 5.41) is 3.58. The summed E-state index contributed by atoms with van der Waals surface area (Å²) in [5.74, 6) is 1.70. The number of ether oxygens (including phenoxy) is 2. The van der Waals surface area contributed by atoms with Crippen molar-refractivity contribution in [2.24, 2.45) is 0 Å². The summed E-state index contributed by atoms with van der Waals surface area (Å²) >= 11 is 3.48. The average molecular weight is 359 g/mol. The van der Waals surface area contributed by atoms with E-state index < -0.39 is 0 Å². The molecule has 0 aliphatic carbocycles. The van der Waals surface area contributed by atoms with E-state index in [2.05, 4.69) is 58.4 Å². The van der Waals surface area contributed by atoms with Crippen LogP contribution < -0.4 is 9.47 Å². The highest BCUT2D eigenvalue weighted by atomic mass is 79.9. The number of hydrogen-bond acceptors (Lipinski definition) is 2. The molecule has 3 aromatic rings. The summed E-state index contributed by atoms with van der Waals surface area (Å²) in [5.41, 5.74) is 1.35. The van der Waals surface area contributed by atoms with Crippen LogP contribution in [0.3, 0.4) is 0 Å². The molecule has 0 aliphatic rings. The summed E-state index contributed by atoms with van der Waals surface area (Å²) in [6.07, 6.45) is 0. The maximum atomic E-state index is 4.96. The molecule has 0 heterocycles. The van der Waals surface area contributed by atoms with E-state index in [4.69, 9.17) is 9.47 Å². The van der Waals surface area contributed by atoms with Crippen molar-refractivity contribution in [3.8, 4) is 11.5 Å². The van der Waals surface area contributed by atoms with Gasteiger partial charge >= 0.3 is 0 Å². The zero-order valence-corrected chi connectivity index (χ0v) is 14.3. The molecule has 3 rings (SSSR count). The van der Waals surface area contributed by atoms with Crippen LogP contribution in [0.1, 0.15) is 5.56 Å². The van der Waals surface area contributed by atoms with Crippen molar-refractivity contribution < 1.29 is 9.47 Å². The molecular formula is C19H19BrO2. The molecule has 0 spiro atoms. The number of halogens is 1. The third kappa shape index (κ3) is 4.25. The molecule has 0 fully saturated rings. The Morgan fingerprint density at radius 2 is 1.27 bits per heavy atom. The van der Waals surface area contributed by atoms with Crippen molar-refractivity contribution >= 4 is 26.7 Å². The number of hydrogen-bond donors (Lipinski definition) is 0. The fraction of sp³-hybridized carbons (Fsp3) is 0.158. The van der Waals surface area contributed by atoms with Crippen LogP contribution in [-0.4, -0.2) is 14.2 Å². The zero-order chi connectivity index (χ0) is 15.8. The second-order valence-corrected chi connectivity index (χ2v) is 5.21. The quantitative estimate of drug-likeness (QED) is 0.580. The molecule has 0 saturated heterocycles. The highest BCUT2D eigenvalue weighted by Crippen LogP contribution is 2.20. The lowest BCUT2D eigenvalue weighted by Crippen LogP contribution is -1.83. The first-order valence-corrected chi connectivity index (χ1v) is 8.11. The molecule has 0 radical (unpaired) electrons. The first-order valence-electron chi connectivity index (χ1n) is 6.99. The van der Waals surface area contributed by atoms with Gasteiger partial charge in [-0.25, -0.2) is 0 Å². The van der Waals surface area contributed by atoms with Crippen LogP contribution in [0, 0.1) is 0 Å². The summed E-state index contributed by atoms with van der Waals surface area (Å²) in [6.45, 7) is 0. The summed E-state index contributed by atoms with van der Waals surface area (Å²) in [7, 11) is 3.28. The molecule has 3 heteroatoms. The molecule has 22 heavy (non-hydrogen) atoms. The number of rotatable bonds is 3. The SMILES string of the molecule is BrCc1cccc2ccccc12.COc1ccc(OC)cc1. The van der Waals surface area contributed by atoms with Crippen LogP contribution in [-0.2, 0) is 5.33 Å². The fourth-order valence-electron chi connectivity index (χ4n) is 2.12. The van der Waals surface area contributed by atoms with Gasteiger partial charge in [-0.05, 0) is 40.6 Å². The third-order valence-corrected chi connectivity index (χ3v) is 3.92. The van der Waals surface area contributed by atoms with Gasteiger partial charge in [-0.2, -0.15) is 0 Å². The van der Waals surface area contributed by atoms with Crippen molar-refractivity contribution in [1.82, 2.24) is 0 Å². The maximum Gasteiger partial charge on any atom is 0.119 e. The second-order valence-electron chi connectivity index (χ2n) is 4.65. The predicted molar refractivity (Wildman–Crippen MR) is 96.1 cm³/mol. The predicted octanol–water partition coefficient (Wildman–Crippen LogP) is 5.44. The first-order chi connectivity index (χ1) is 10.8. The Morgan fingerprint density at radius 1 is 0.727 bits per heavy atom. The highest BCUT2D eigenvalue weighted by molar-refractivity contribution is 9.08. The third-order valence-electron chi connectivity index (χ3n) is 3.32. The molecule has 114 valence electrons. The van der Waals surface area contributed by atoms with Gasteiger partial charge in [0, 0.05) is 5.33 Å². The standard InChI is InChI=1S/C11H9Br.C8H10O2/c12-8-10-6-3-5-9-4-1-2-7-11(9)10;1-9-7-3-5-8(10-2)6-4-7/h1-7H,8H2;3-6H,1-2H3. The van der Waals surface area contributed by atoms with Gasteiger partial charge < -0.3 is 9.47 Å². The summed E-state index contributed by atoms with van der Waals surface area (Å²) in [4.78, 5) is 0. The lowest BCUT2D eigenvalue weighted by Gasteiger charge is -2.01. The van der Waals surface area contributed by atoms with Gasteiger partial charge in [0.05, 0.1) is 14.2 Å². The minimum absolute atomic E-state index is 0.848. The van der Waals surface area contributed by atoms with Gasteiger partial charge in [0.25, 0.3) is 0 Å². The first kappa shape index (κ1) is 16.4. The van der Waals surface area contributed by atoms with Gasteiger partial charge in [-0.3, -0.25) is 0 Å². The van der Waals surface area contributed by atoms with Crippen LogP contribution >= 0.6 is 15.9 Å². The summed E-state index contributed by atoms with van der Waals surface area (Å²) < 4.78 is 9.92. The van der Waals surface area contributed by atoms with E-state index in [-0.39, 0.29) is 0 Å². The molecule has 0 bridgehead atoms. The average Bonchev–Trinajstić information content (AvgIpc) is 2.61. The topological polar surface area (TPSA) is 18.5 Å². The molecule has 0 N–H and O–H groups in total. The monoisotopic (exact) mass is 358 g/mol. The minimum atomic E-state index is 0.848. The van der Waals surface area contributed by atoms with Crippen molar-refractivity contribution in [2.45, 2.75) is 5.33 Å². The fourth-order valence-corrected chi connectivity index (χ4v) is 2.61. The highest BCUT2D eigenvalue weighted by Gasteiger charge is 1.96. The normalized spacial score (nSPS) is 9.77. The summed E-state index contributed by atoms with van der Waals surface area (Å²) in [6, 6.07) is 22.3. The Bertz CT molecular complexity index is 680. The van der Waals surface area contributed by atoms with Gasteiger partial charge in [0.1, 0.15) is 11.5 Å². The van der Waals surface area contributed by atoms with Crippen LogP contribution in [0.25, 0.3) is 10.8 Å². The van der Waals surface area contributed by atoms with Crippen LogP contribution in [0.2, 0.25) is 0 Å². The van der Waals surface area contributed by atoms with Gasteiger partial charge in [-0.15, -0.1) is 0 Å². The molecule has 0 saturated carbocycles. The Kier molecular flexibility index (Phi) is 6.28. The number of fused-ring (bicyclic) bond motifs is 1. The van der Waals surface area contributed by atoms with Crippen molar-refractivity contribution in [3.63, 3.8) is 0 Å². The Balaban J connectivity index is 0.000000164. The molecular weight excluding hydrogens is 340 g/mol. The Morgan fingerprint density at radius 3 is 1.82 bits per heavy atom. The number of benzene rings is 3. The van der Waals surface area contributed by atoms with Crippen molar-refractivity contribution in [3.05, 3.63) is 72.3 Å². The smallest absolute Gasteiger partial charge is 0.119 e. The largest absolute Gasteiger partial charge is 0.497 e. The molecule has 0 atom stereocenters. The minimum Gasteiger partial charge on any atom is -0.497 e. The van der Waals surface area contributed by atoms with E-state index in [0.717, 1.165) is 16.8 Å². The van der Waals surface area contributed by atoms with Crippen molar-refractivity contribution in [2.75, 3.05) is 14.2 Å².